The average molecular weight is 369 g/mol. The van der Waals surface area contributed by atoms with Crippen LogP contribution in [0.3, 0.4) is 0 Å². The van der Waals surface area contributed by atoms with E-state index in [-0.39, 0.29) is 6.04 Å². The topological polar surface area (TPSA) is 49.8 Å². The molecule has 0 bridgehead atoms. The lowest BCUT2D eigenvalue weighted by Crippen LogP contribution is -2.36. The fraction of sp³-hybridized carbons (Fsp3) is 0.211. The van der Waals surface area contributed by atoms with Crippen molar-refractivity contribution in [2.24, 2.45) is 0 Å². The lowest BCUT2D eigenvalue weighted by molar-refractivity contribution is 0.609. The Morgan fingerprint density at radius 2 is 2.00 bits per heavy atom. The molecule has 2 heterocycles. The molecule has 25 heavy (non-hydrogen) atoms. The van der Waals surface area contributed by atoms with Crippen molar-refractivity contribution in [1.29, 1.82) is 0 Å². The van der Waals surface area contributed by atoms with Crippen LogP contribution in [0.15, 0.2) is 60.1 Å². The maximum absolute atomic E-state index is 5.39. The molecule has 0 aliphatic rings. The van der Waals surface area contributed by atoms with Gasteiger partial charge in [0.15, 0.2) is 5.11 Å². The molecule has 0 spiro atoms. The molecule has 0 amide bonds. The number of nitrogens with zero attached hydrogens (tertiary/aromatic N) is 2. The number of aromatic nitrogens is 2. The zero-order valence-electron chi connectivity index (χ0n) is 14.0. The van der Waals surface area contributed by atoms with Gasteiger partial charge in [-0.15, -0.1) is 11.3 Å². The van der Waals surface area contributed by atoms with E-state index in [1.165, 1.54) is 5.56 Å². The van der Waals surface area contributed by atoms with Gasteiger partial charge in [0.2, 0.25) is 5.95 Å². The maximum atomic E-state index is 5.39. The van der Waals surface area contributed by atoms with Crippen LogP contribution in [0.25, 0.3) is 10.6 Å². The average Bonchev–Trinajstić information content (AvgIpc) is 3.16. The van der Waals surface area contributed by atoms with Crippen LogP contribution in [-0.2, 0) is 6.42 Å². The normalized spacial score (nSPS) is 11.7. The van der Waals surface area contributed by atoms with Crippen LogP contribution in [0, 0.1) is 0 Å². The van der Waals surface area contributed by atoms with Crippen LogP contribution in [0.1, 0.15) is 18.9 Å². The Morgan fingerprint density at radius 1 is 1.16 bits per heavy atom. The number of thiocarbonyl (C=S) groups is 1. The molecule has 0 fully saturated rings. The van der Waals surface area contributed by atoms with Crippen LogP contribution < -0.4 is 10.6 Å². The molecule has 4 nitrogen and oxygen atoms in total. The minimum absolute atomic E-state index is 0.265. The number of hydrogen-bond donors (Lipinski definition) is 2. The fourth-order valence-corrected chi connectivity index (χ4v) is 3.43. The quantitative estimate of drug-likeness (QED) is 0.627. The highest BCUT2D eigenvalue weighted by Crippen LogP contribution is 2.22. The summed E-state index contributed by atoms with van der Waals surface area (Å²) >= 11 is 7.04. The van der Waals surface area contributed by atoms with Gasteiger partial charge in [0.25, 0.3) is 0 Å². The van der Waals surface area contributed by atoms with E-state index in [1.54, 1.807) is 17.5 Å². The summed E-state index contributed by atoms with van der Waals surface area (Å²) in [5, 5.41) is 8.95. The van der Waals surface area contributed by atoms with E-state index in [4.69, 9.17) is 12.2 Å². The molecular weight excluding hydrogens is 348 g/mol. The molecule has 0 radical (unpaired) electrons. The van der Waals surface area contributed by atoms with Gasteiger partial charge in [-0.1, -0.05) is 36.4 Å². The van der Waals surface area contributed by atoms with E-state index in [0.29, 0.717) is 11.1 Å². The molecule has 0 aliphatic carbocycles. The van der Waals surface area contributed by atoms with Crippen LogP contribution in [0.4, 0.5) is 5.95 Å². The largest absolute Gasteiger partial charge is 0.360 e. The number of hydrogen-bond acceptors (Lipinski definition) is 4. The van der Waals surface area contributed by atoms with E-state index in [2.05, 4.69) is 51.8 Å². The molecule has 1 aromatic carbocycles. The second-order valence-electron chi connectivity index (χ2n) is 5.77. The molecule has 128 valence electrons. The number of benzene rings is 1. The van der Waals surface area contributed by atoms with E-state index < -0.39 is 0 Å². The minimum Gasteiger partial charge on any atom is -0.360 e. The Morgan fingerprint density at radius 3 is 2.76 bits per heavy atom. The zero-order valence-corrected chi connectivity index (χ0v) is 15.6. The predicted octanol–water partition coefficient (Wildman–Crippen LogP) is 4.51. The molecule has 2 aromatic heterocycles. The highest BCUT2D eigenvalue weighted by molar-refractivity contribution is 7.80. The van der Waals surface area contributed by atoms with Crippen LogP contribution in [-0.4, -0.2) is 21.1 Å². The first-order chi connectivity index (χ1) is 12.2. The minimum atomic E-state index is 0.265. The molecule has 2 N–H and O–H groups in total. The predicted molar refractivity (Wildman–Crippen MR) is 109 cm³/mol. The fourth-order valence-electron chi connectivity index (χ4n) is 2.44. The van der Waals surface area contributed by atoms with E-state index in [1.807, 2.05) is 29.6 Å². The molecule has 1 unspecified atom stereocenters. The van der Waals surface area contributed by atoms with Gasteiger partial charge in [-0.2, -0.15) is 0 Å². The molecule has 0 saturated heterocycles. The summed E-state index contributed by atoms with van der Waals surface area (Å²) < 4.78 is 0. The van der Waals surface area contributed by atoms with Crippen LogP contribution in [0.5, 0.6) is 0 Å². The SMILES string of the molecule is CC(CCc1ccccc1)NC(=S)Nc1nccc(-c2cccs2)n1. The first kappa shape index (κ1) is 17.5. The number of aryl methyl sites for hydroxylation is 1. The van der Waals surface area contributed by atoms with Crippen LogP contribution in [0.2, 0.25) is 0 Å². The summed E-state index contributed by atoms with van der Waals surface area (Å²) in [5.74, 6) is 0.513. The first-order valence-corrected chi connectivity index (χ1v) is 9.48. The number of thiophene rings is 1. The Kier molecular flexibility index (Phi) is 6.09. The number of nitrogens with one attached hydrogen (secondary N) is 2. The summed E-state index contributed by atoms with van der Waals surface area (Å²) in [4.78, 5) is 9.87. The van der Waals surface area contributed by atoms with Crippen molar-refractivity contribution >= 4 is 34.6 Å². The third kappa shape index (κ3) is 5.34. The smallest absolute Gasteiger partial charge is 0.229 e. The summed E-state index contributed by atoms with van der Waals surface area (Å²) in [7, 11) is 0. The van der Waals surface area contributed by atoms with Crippen molar-refractivity contribution < 1.29 is 0 Å². The van der Waals surface area contributed by atoms with Gasteiger partial charge in [-0.25, -0.2) is 9.97 Å². The number of anilines is 1. The highest BCUT2D eigenvalue weighted by Gasteiger charge is 2.08. The third-order valence-corrected chi connectivity index (χ3v) is 4.85. The van der Waals surface area contributed by atoms with Crippen molar-refractivity contribution in [2.75, 3.05) is 5.32 Å². The Hall–Kier alpha value is -2.31. The molecule has 0 aliphatic heterocycles. The van der Waals surface area contributed by atoms with Gasteiger partial charge < -0.3 is 10.6 Å². The standard InChI is InChI=1S/C19H20N4S2/c1-14(9-10-15-6-3-2-4-7-15)21-19(24)23-18-20-12-11-16(22-18)17-8-5-13-25-17/h2-8,11-14H,9-10H2,1H3,(H2,20,21,22,23,24). The van der Waals surface area contributed by atoms with Gasteiger partial charge in [0.05, 0.1) is 10.6 Å². The summed E-state index contributed by atoms with van der Waals surface area (Å²) in [5.41, 5.74) is 2.23. The molecule has 1 atom stereocenters. The molecule has 3 rings (SSSR count). The van der Waals surface area contributed by atoms with E-state index in [0.717, 1.165) is 23.4 Å². The van der Waals surface area contributed by atoms with Gasteiger partial charge in [-0.05, 0) is 55.1 Å². The molecule has 3 aromatic rings. The summed E-state index contributed by atoms with van der Waals surface area (Å²) in [6, 6.07) is 16.7. The van der Waals surface area contributed by atoms with Gasteiger partial charge in [0, 0.05) is 12.2 Å². The van der Waals surface area contributed by atoms with Gasteiger partial charge in [0.1, 0.15) is 0 Å². The maximum Gasteiger partial charge on any atom is 0.229 e. The Labute approximate surface area is 157 Å². The second kappa shape index (κ2) is 8.69. The molecular formula is C19H20N4S2. The van der Waals surface area contributed by atoms with Crippen LogP contribution >= 0.6 is 23.6 Å². The third-order valence-electron chi connectivity index (χ3n) is 3.74. The lowest BCUT2D eigenvalue weighted by atomic mass is 10.1. The Balaban J connectivity index is 1.51. The van der Waals surface area contributed by atoms with Crippen molar-refractivity contribution in [3.05, 3.63) is 65.7 Å². The highest BCUT2D eigenvalue weighted by atomic mass is 32.1. The first-order valence-electron chi connectivity index (χ1n) is 8.19. The lowest BCUT2D eigenvalue weighted by Gasteiger charge is -2.16. The van der Waals surface area contributed by atoms with Gasteiger partial charge >= 0.3 is 0 Å². The Bertz CT molecular complexity index is 803. The summed E-state index contributed by atoms with van der Waals surface area (Å²) in [6.45, 7) is 2.12. The van der Waals surface area contributed by atoms with Crippen molar-refractivity contribution in [3.63, 3.8) is 0 Å². The summed E-state index contributed by atoms with van der Waals surface area (Å²) in [6.07, 6.45) is 3.76. The zero-order chi connectivity index (χ0) is 17.5. The second-order valence-corrected chi connectivity index (χ2v) is 7.12. The van der Waals surface area contributed by atoms with E-state index in [9.17, 15) is 0 Å². The number of rotatable bonds is 6. The van der Waals surface area contributed by atoms with Gasteiger partial charge in [-0.3, -0.25) is 0 Å². The monoisotopic (exact) mass is 368 g/mol. The van der Waals surface area contributed by atoms with Crippen molar-refractivity contribution in [1.82, 2.24) is 15.3 Å². The molecule has 6 heteroatoms. The van der Waals surface area contributed by atoms with Crippen molar-refractivity contribution in [3.8, 4) is 10.6 Å². The van der Waals surface area contributed by atoms with E-state index >= 15 is 0 Å². The molecule has 0 saturated carbocycles. The van der Waals surface area contributed by atoms with Crippen molar-refractivity contribution in [2.45, 2.75) is 25.8 Å².